The molecule has 0 unspecified atom stereocenters. The van der Waals surface area contributed by atoms with Crippen molar-refractivity contribution < 1.29 is 23.1 Å². The Kier molecular flexibility index (Phi) is 6.08. The maximum atomic E-state index is 13.7. The van der Waals surface area contributed by atoms with Crippen molar-refractivity contribution in [1.29, 1.82) is 0 Å². The normalized spacial score (nSPS) is 10.3. The molecule has 0 bridgehead atoms. The Balaban J connectivity index is 1.63. The molecule has 2 aromatic carbocycles. The third-order valence-corrected chi connectivity index (χ3v) is 3.73. The maximum absolute atomic E-state index is 13.7. The predicted molar refractivity (Wildman–Crippen MR) is 102 cm³/mol. The lowest BCUT2D eigenvalue weighted by atomic mass is 10.2. The number of carbonyl (C=O) groups is 2. The van der Waals surface area contributed by atoms with Crippen LogP contribution < -0.4 is 10.6 Å². The van der Waals surface area contributed by atoms with E-state index in [0.29, 0.717) is 11.3 Å². The molecule has 0 aliphatic carbocycles. The maximum Gasteiger partial charge on any atom is 0.338 e. The number of carbonyl (C=O) groups excluding carboxylic acids is 2. The molecule has 1 amide bonds. The van der Waals surface area contributed by atoms with Crippen LogP contribution in [0.25, 0.3) is 0 Å². The van der Waals surface area contributed by atoms with Crippen molar-refractivity contribution in [3.63, 3.8) is 0 Å². The number of nitrogens with one attached hydrogen (secondary N) is 2. The molecule has 0 aliphatic rings. The van der Waals surface area contributed by atoms with Gasteiger partial charge in [-0.2, -0.15) is 0 Å². The highest BCUT2D eigenvalue weighted by Crippen LogP contribution is 2.19. The van der Waals surface area contributed by atoms with E-state index in [1.807, 2.05) is 0 Å². The zero-order valence-corrected chi connectivity index (χ0v) is 15.3. The number of esters is 1. The molecule has 148 valence electrons. The van der Waals surface area contributed by atoms with Gasteiger partial charge in [0.1, 0.15) is 23.1 Å². The van der Waals surface area contributed by atoms with Crippen molar-refractivity contribution in [2.24, 2.45) is 0 Å². The minimum absolute atomic E-state index is 0.0274. The SMILES string of the molecule is CCOC(=O)c1ccc(NC(=O)c2cnc(Nc3ccc(F)cc3F)cn2)cc1. The summed E-state index contributed by atoms with van der Waals surface area (Å²) in [6.07, 6.45) is 2.47. The quantitative estimate of drug-likeness (QED) is 0.611. The summed E-state index contributed by atoms with van der Waals surface area (Å²) >= 11 is 0. The Morgan fingerprint density at radius 3 is 2.41 bits per heavy atom. The number of amides is 1. The summed E-state index contributed by atoms with van der Waals surface area (Å²) in [5, 5.41) is 5.28. The average Bonchev–Trinajstić information content (AvgIpc) is 2.71. The number of benzene rings is 2. The van der Waals surface area contributed by atoms with Crippen LogP contribution in [0.15, 0.2) is 54.9 Å². The molecule has 0 radical (unpaired) electrons. The van der Waals surface area contributed by atoms with Gasteiger partial charge in [0.25, 0.3) is 5.91 Å². The highest BCUT2D eigenvalue weighted by molar-refractivity contribution is 6.03. The first kappa shape index (κ1) is 19.9. The van der Waals surface area contributed by atoms with Crippen LogP contribution >= 0.6 is 0 Å². The van der Waals surface area contributed by atoms with Crippen molar-refractivity contribution in [3.05, 3.63) is 77.8 Å². The Bertz CT molecular complexity index is 1020. The molecule has 1 heterocycles. The first-order valence-electron chi connectivity index (χ1n) is 8.59. The summed E-state index contributed by atoms with van der Waals surface area (Å²) in [6, 6.07) is 9.26. The zero-order chi connectivity index (χ0) is 20.8. The topological polar surface area (TPSA) is 93.2 Å². The lowest BCUT2D eigenvalue weighted by molar-refractivity contribution is 0.0526. The van der Waals surface area contributed by atoms with Gasteiger partial charge in [-0.05, 0) is 43.3 Å². The molecular formula is C20H16F2N4O3. The minimum Gasteiger partial charge on any atom is -0.462 e. The molecule has 1 aromatic heterocycles. The number of hydrogen-bond donors (Lipinski definition) is 2. The number of hydrogen-bond acceptors (Lipinski definition) is 6. The number of anilines is 3. The van der Waals surface area contributed by atoms with Gasteiger partial charge in [0.05, 0.1) is 30.3 Å². The number of rotatable bonds is 6. The second-order valence-corrected chi connectivity index (χ2v) is 5.79. The zero-order valence-electron chi connectivity index (χ0n) is 15.3. The molecule has 0 fully saturated rings. The molecule has 0 saturated heterocycles. The molecule has 3 aromatic rings. The smallest absolute Gasteiger partial charge is 0.338 e. The second-order valence-electron chi connectivity index (χ2n) is 5.79. The Morgan fingerprint density at radius 2 is 1.79 bits per heavy atom. The van der Waals surface area contributed by atoms with Crippen LogP contribution in [0.5, 0.6) is 0 Å². The highest BCUT2D eigenvalue weighted by atomic mass is 19.1. The highest BCUT2D eigenvalue weighted by Gasteiger charge is 2.11. The van der Waals surface area contributed by atoms with Crippen LogP contribution in [-0.4, -0.2) is 28.5 Å². The molecule has 29 heavy (non-hydrogen) atoms. The fourth-order valence-corrected chi connectivity index (χ4v) is 2.34. The fraction of sp³-hybridized carbons (Fsp3) is 0.100. The van der Waals surface area contributed by atoms with Gasteiger partial charge >= 0.3 is 5.97 Å². The Hall–Kier alpha value is -3.88. The molecule has 0 aliphatic heterocycles. The first-order chi connectivity index (χ1) is 14.0. The van der Waals surface area contributed by atoms with E-state index in [9.17, 15) is 18.4 Å². The molecule has 0 spiro atoms. The molecular weight excluding hydrogens is 382 g/mol. The third-order valence-electron chi connectivity index (χ3n) is 3.73. The summed E-state index contributed by atoms with van der Waals surface area (Å²) in [6.45, 7) is 1.99. The number of nitrogens with zero attached hydrogens (tertiary/aromatic N) is 2. The molecule has 3 rings (SSSR count). The van der Waals surface area contributed by atoms with Crippen LogP contribution in [0.4, 0.5) is 26.0 Å². The average molecular weight is 398 g/mol. The van der Waals surface area contributed by atoms with E-state index in [1.165, 1.54) is 30.6 Å². The summed E-state index contributed by atoms with van der Waals surface area (Å²) < 4.78 is 31.5. The van der Waals surface area contributed by atoms with E-state index < -0.39 is 23.5 Å². The van der Waals surface area contributed by atoms with Crippen molar-refractivity contribution >= 4 is 29.1 Å². The van der Waals surface area contributed by atoms with Crippen LogP contribution in [-0.2, 0) is 4.74 Å². The number of ether oxygens (including phenoxy) is 1. The number of halogens is 2. The second kappa shape index (κ2) is 8.87. The van der Waals surface area contributed by atoms with Gasteiger partial charge in [0.2, 0.25) is 0 Å². The van der Waals surface area contributed by atoms with Crippen molar-refractivity contribution in [1.82, 2.24) is 9.97 Å². The van der Waals surface area contributed by atoms with Crippen molar-refractivity contribution in [2.75, 3.05) is 17.2 Å². The van der Waals surface area contributed by atoms with E-state index in [2.05, 4.69) is 20.6 Å². The van der Waals surface area contributed by atoms with Crippen LogP contribution in [0.2, 0.25) is 0 Å². The molecule has 0 atom stereocenters. The molecule has 7 nitrogen and oxygen atoms in total. The van der Waals surface area contributed by atoms with Gasteiger partial charge in [-0.3, -0.25) is 4.79 Å². The third kappa shape index (κ3) is 5.10. The van der Waals surface area contributed by atoms with Crippen LogP contribution in [0, 0.1) is 11.6 Å². The van der Waals surface area contributed by atoms with Crippen molar-refractivity contribution in [3.8, 4) is 0 Å². The summed E-state index contributed by atoms with van der Waals surface area (Å²) in [4.78, 5) is 31.9. The van der Waals surface area contributed by atoms with E-state index in [1.54, 1.807) is 19.1 Å². The van der Waals surface area contributed by atoms with Gasteiger partial charge in [0, 0.05) is 11.8 Å². The Morgan fingerprint density at radius 1 is 1.03 bits per heavy atom. The van der Waals surface area contributed by atoms with Crippen LogP contribution in [0.1, 0.15) is 27.8 Å². The van der Waals surface area contributed by atoms with Gasteiger partial charge in [-0.25, -0.2) is 23.5 Å². The summed E-state index contributed by atoms with van der Waals surface area (Å²) in [7, 11) is 0. The first-order valence-corrected chi connectivity index (χ1v) is 8.59. The lowest BCUT2D eigenvalue weighted by Gasteiger charge is -2.08. The molecule has 2 N–H and O–H groups in total. The van der Waals surface area contributed by atoms with E-state index in [4.69, 9.17) is 4.74 Å². The van der Waals surface area contributed by atoms with Gasteiger partial charge in [0.15, 0.2) is 0 Å². The Labute approximate surface area is 164 Å². The monoisotopic (exact) mass is 398 g/mol. The van der Waals surface area contributed by atoms with E-state index in [-0.39, 0.29) is 23.8 Å². The molecule has 0 saturated carbocycles. The lowest BCUT2D eigenvalue weighted by Crippen LogP contribution is -2.14. The van der Waals surface area contributed by atoms with E-state index in [0.717, 1.165) is 12.1 Å². The fourth-order valence-electron chi connectivity index (χ4n) is 2.34. The number of aromatic nitrogens is 2. The van der Waals surface area contributed by atoms with E-state index >= 15 is 0 Å². The summed E-state index contributed by atoms with van der Waals surface area (Å²) in [5.74, 6) is -2.25. The standard InChI is InChI=1S/C20H16F2N4O3/c1-2-29-20(28)12-3-6-14(7-4-12)25-19(27)17-10-24-18(11-23-17)26-16-8-5-13(21)9-15(16)22/h3-11H,2H2,1H3,(H,24,26)(H,25,27). The van der Waals surface area contributed by atoms with Crippen LogP contribution in [0.3, 0.4) is 0 Å². The van der Waals surface area contributed by atoms with Gasteiger partial charge in [-0.15, -0.1) is 0 Å². The minimum atomic E-state index is -0.778. The van der Waals surface area contributed by atoms with Gasteiger partial charge < -0.3 is 15.4 Å². The predicted octanol–water partition coefficient (Wildman–Crippen LogP) is 3.93. The largest absolute Gasteiger partial charge is 0.462 e. The summed E-state index contributed by atoms with van der Waals surface area (Å²) in [5.41, 5.74) is 0.887. The van der Waals surface area contributed by atoms with Gasteiger partial charge in [-0.1, -0.05) is 0 Å². The van der Waals surface area contributed by atoms with Crippen molar-refractivity contribution in [2.45, 2.75) is 6.92 Å². The molecule has 9 heteroatoms.